The van der Waals surface area contributed by atoms with Crippen LogP contribution in [0.3, 0.4) is 0 Å². The van der Waals surface area contributed by atoms with Gasteiger partial charge in [-0.1, -0.05) is 51.1 Å². The van der Waals surface area contributed by atoms with Crippen molar-refractivity contribution in [2.75, 3.05) is 0 Å². The van der Waals surface area contributed by atoms with Crippen molar-refractivity contribution in [3.05, 3.63) is 35.9 Å². The molecule has 106 valence electrons. The SMILES string of the molecule is CCC(C(=O)c1ccccc1)S(=O)(=O)C(C)C(C)C. The van der Waals surface area contributed by atoms with Crippen LogP contribution in [0.2, 0.25) is 0 Å². The number of hydrogen-bond donors (Lipinski definition) is 0. The van der Waals surface area contributed by atoms with E-state index in [-0.39, 0.29) is 11.7 Å². The van der Waals surface area contributed by atoms with E-state index in [1.54, 1.807) is 38.1 Å². The molecular weight excluding hydrogens is 260 g/mol. The minimum atomic E-state index is -3.45. The number of benzene rings is 1. The molecular formula is C15H22O3S. The Kier molecular flexibility index (Phi) is 5.29. The maximum absolute atomic E-state index is 12.5. The van der Waals surface area contributed by atoms with Gasteiger partial charge < -0.3 is 0 Å². The predicted octanol–water partition coefficient (Wildman–Crippen LogP) is 3.11. The number of carbonyl (C=O) groups excluding carboxylic acids is 1. The fraction of sp³-hybridized carbons (Fsp3) is 0.533. The molecule has 2 atom stereocenters. The standard InChI is InChI=1S/C15H22O3S/c1-5-14(19(17,18)12(4)11(2)3)15(16)13-9-7-6-8-10-13/h6-12,14H,5H2,1-4H3. The summed E-state index contributed by atoms with van der Waals surface area (Å²) in [6, 6.07) is 8.64. The van der Waals surface area contributed by atoms with Crippen LogP contribution in [0.15, 0.2) is 30.3 Å². The Morgan fingerprint density at radius 1 is 1.11 bits per heavy atom. The molecule has 0 aromatic heterocycles. The molecule has 0 saturated heterocycles. The Bertz CT molecular complexity index is 518. The van der Waals surface area contributed by atoms with E-state index in [4.69, 9.17) is 0 Å². The van der Waals surface area contributed by atoms with Gasteiger partial charge in [0.2, 0.25) is 0 Å². The van der Waals surface area contributed by atoms with Gasteiger partial charge in [-0.3, -0.25) is 4.79 Å². The van der Waals surface area contributed by atoms with Gasteiger partial charge in [0, 0.05) is 5.56 Å². The Morgan fingerprint density at radius 2 is 1.63 bits per heavy atom. The molecule has 0 radical (unpaired) electrons. The van der Waals surface area contributed by atoms with E-state index in [2.05, 4.69) is 0 Å². The van der Waals surface area contributed by atoms with Crippen molar-refractivity contribution < 1.29 is 13.2 Å². The number of Topliss-reactive ketones (excluding diaryl/α,β-unsaturated/α-hetero) is 1. The van der Waals surface area contributed by atoms with Crippen molar-refractivity contribution in [3.63, 3.8) is 0 Å². The second kappa shape index (κ2) is 6.33. The first kappa shape index (κ1) is 15.9. The topological polar surface area (TPSA) is 51.2 Å². The Balaban J connectivity index is 3.12. The van der Waals surface area contributed by atoms with Gasteiger partial charge in [0.15, 0.2) is 15.6 Å². The number of sulfone groups is 1. The van der Waals surface area contributed by atoms with Gasteiger partial charge in [0.25, 0.3) is 0 Å². The number of ketones is 1. The van der Waals surface area contributed by atoms with Crippen molar-refractivity contribution in [2.45, 2.75) is 44.6 Å². The van der Waals surface area contributed by atoms with Crippen LogP contribution in [-0.2, 0) is 9.84 Å². The number of carbonyl (C=O) groups is 1. The highest BCUT2D eigenvalue weighted by Gasteiger charge is 2.36. The molecule has 3 nitrogen and oxygen atoms in total. The maximum Gasteiger partial charge on any atom is 0.180 e. The molecule has 0 aliphatic rings. The summed E-state index contributed by atoms with van der Waals surface area (Å²) < 4.78 is 25.0. The van der Waals surface area contributed by atoms with E-state index in [1.165, 1.54) is 0 Å². The largest absolute Gasteiger partial charge is 0.293 e. The van der Waals surface area contributed by atoms with Crippen molar-refractivity contribution in [2.24, 2.45) is 5.92 Å². The van der Waals surface area contributed by atoms with Crippen molar-refractivity contribution >= 4 is 15.6 Å². The zero-order valence-electron chi connectivity index (χ0n) is 12.0. The molecule has 0 amide bonds. The van der Waals surface area contributed by atoms with Crippen LogP contribution in [0.5, 0.6) is 0 Å². The molecule has 0 bridgehead atoms. The fourth-order valence-corrected chi connectivity index (χ4v) is 4.17. The predicted molar refractivity (Wildman–Crippen MR) is 78.1 cm³/mol. The number of rotatable bonds is 6. The summed E-state index contributed by atoms with van der Waals surface area (Å²) in [7, 11) is -3.45. The van der Waals surface area contributed by atoms with Gasteiger partial charge in [-0.25, -0.2) is 8.42 Å². The maximum atomic E-state index is 12.5. The molecule has 4 heteroatoms. The smallest absolute Gasteiger partial charge is 0.180 e. The zero-order valence-corrected chi connectivity index (χ0v) is 12.8. The lowest BCUT2D eigenvalue weighted by Crippen LogP contribution is -2.38. The average Bonchev–Trinajstić information content (AvgIpc) is 2.39. The van der Waals surface area contributed by atoms with E-state index in [0.717, 1.165) is 0 Å². The molecule has 0 spiro atoms. The first-order valence-electron chi connectivity index (χ1n) is 6.64. The minimum Gasteiger partial charge on any atom is -0.293 e. The molecule has 0 aliphatic heterocycles. The molecule has 0 heterocycles. The third-order valence-electron chi connectivity index (χ3n) is 3.58. The summed E-state index contributed by atoms with van der Waals surface area (Å²) in [5, 5.41) is -1.45. The highest BCUT2D eigenvalue weighted by atomic mass is 32.2. The van der Waals surface area contributed by atoms with E-state index in [9.17, 15) is 13.2 Å². The lowest BCUT2D eigenvalue weighted by atomic mass is 10.1. The molecule has 0 aliphatic carbocycles. The Hall–Kier alpha value is -1.16. The number of hydrogen-bond acceptors (Lipinski definition) is 3. The van der Waals surface area contributed by atoms with Gasteiger partial charge in [-0.15, -0.1) is 0 Å². The third-order valence-corrected chi connectivity index (χ3v) is 6.50. The zero-order chi connectivity index (χ0) is 14.6. The molecule has 0 fully saturated rings. The van der Waals surface area contributed by atoms with E-state index in [0.29, 0.717) is 12.0 Å². The quantitative estimate of drug-likeness (QED) is 0.753. The van der Waals surface area contributed by atoms with Crippen LogP contribution in [0.1, 0.15) is 44.5 Å². The second-order valence-corrected chi connectivity index (χ2v) is 7.66. The first-order valence-corrected chi connectivity index (χ1v) is 8.25. The molecule has 1 aromatic carbocycles. The normalized spacial score (nSPS) is 15.2. The van der Waals surface area contributed by atoms with Gasteiger partial charge >= 0.3 is 0 Å². The highest BCUT2D eigenvalue weighted by Crippen LogP contribution is 2.22. The van der Waals surface area contributed by atoms with Crippen molar-refractivity contribution in [3.8, 4) is 0 Å². The minimum absolute atomic E-state index is 0.00243. The summed E-state index contributed by atoms with van der Waals surface area (Å²) >= 11 is 0. The average molecular weight is 282 g/mol. The summed E-state index contributed by atoms with van der Waals surface area (Å²) in [4.78, 5) is 12.4. The van der Waals surface area contributed by atoms with Gasteiger partial charge in [0.1, 0.15) is 5.25 Å². The van der Waals surface area contributed by atoms with E-state index in [1.807, 2.05) is 19.9 Å². The summed E-state index contributed by atoms with van der Waals surface area (Å²) in [5.74, 6) is -0.293. The highest BCUT2D eigenvalue weighted by molar-refractivity contribution is 7.93. The van der Waals surface area contributed by atoms with Gasteiger partial charge in [-0.2, -0.15) is 0 Å². The van der Waals surface area contributed by atoms with Crippen molar-refractivity contribution in [1.82, 2.24) is 0 Å². The van der Waals surface area contributed by atoms with Crippen LogP contribution in [0.25, 0.3) is 0 Å². The van der Waals surface area contributed by atoms with Crippen LogP contribution in [-0.4, -0.2) is 24.7 Å². The lowest BCUT2D eigenvalue weighted by Gasteiger charge is -2.22. The van der Waals surface area contributed by atoms with Crippen LogP contribution >= 0.6 is 0 Å². The first-order chi connectivity index (χ1) is 8.82. The van der Waals surface area contributed by atoms with E-state index < -0.39 is 20.3 Å². The summed E-state index contributed by atoms with van der Waals surface area (Å²) in [6.45, 7) is 7.15. The Morgan fingerprint density at radius 3 is 2.05 bits per heavy atom. The fourth-order valence-electron chi connectivity index (χ4n) is 1.99. The lowest BCUT2D eigenvalue weighted by molar-refractivity contribution is 0.0985. The summed E-state index contributed by atoms with van der Waals surface area (Å²) in [5.41, 5.74) is 0.467. The van der Waals surface area contributed by atoms with Crippen LogP contribution < -0.4 is 0 Å². The molecule has 2 unspecified atom stereocenters. The van der Waals surface area contributed by atoms with Gasteiger partial charge in [-0.05, 0) is 19.3 Å². The molecule has 0 saturated carbocycles. The van der Waals surface area contributed by atoms with E-state index >= 15 is 0 Å². The van der Waals surface area contributed by atoms with Crippen LogP contribution in [0, 0.1) is 5.92 Å². The monoisotopic (exact) mass is 282 g/mol. The molecule has 1 rings (SSSR count). The summed E-state index contributed by atoms with van der Waals surface area (Å²) in [6.07, 6.45) is 0.313. The van der Waals surface area contributed by atoms with Crippen LogP contribution in [0.4, 0.5) is 0 Å². The second-order valence-electron chi connectivity index (χ2n) is 5.17. The van der Waals surface area contributed by atoms with Crippen molar-refractivity contribution in [1.29, 1.82) is 0 Å². The molecule has 1 aromatic rings. The van der Waals surface area contributed by atoms with Gasteiger partial charge in [0.05, 0.1) is 5.25 Å². The molecule has 0 N–H and O–H groups in total. The molecule has 19 heavy (non-hydrogen) atoms. The Labute approximate surface area is 116 Å². The third kappa shape index (κ3) is 3.44.